The van der Waals surface area contributed by atoms with Crippen molar-refractivity contribution < 1.29 is 15.0 Å². The molecule has 0 bridgehead atoms. The quantitative estimate of drug-likeness (QED) is 0.532. The fourth-order valence-corrected chi connectivity index (χ4v) is 0.974. The van der Waals surface area contributed by atoms with E-state index in [1.54, 1.807) is 0 Å². The van der Waals surface area contributed by atoms with Crippen LogP contribution in [0.4, 0.5) is 0 Å². The van der Waals surface area contributed by atoms with Crippen LogP contribution < -0.4 is 0 Å². The SMILES string of the molecule is C=CC(C)CCCC(C)(C)O.O=CO. The van der Waals surface area contributed by atoms with Crippen LogP contribution in [0.2, 0.25) is 0 Å². The van der Waals surface area contributed by atoms with E-state index in [1.165, 1.54) is 0 Å². The maximum atomic E-state index is 9.38. The van der Waals surface area contributed by atoms with E-state index in [2.05, 4.69) is 13.5 Å². The summed E-state index contributed by atoms with van der Waals surface area (Å²) in [6, 6.07) is 0. The highest BCUT2D eigenvalue weighted by molar-refractivity contribution is 5.32. The molecule has 0 saturated carbocycles. The lowest BCUT2D eigenvalue weighted by Gasteiger charge is -2.17. The summed E-state index contributed by atoms with van der Waals surface area (Å²) in [6.45, 7) is 9.32. The van der Waals surface area contributed by atoms with E-state index in [0.29, 0.717) is 5.92 Å². The lowest BCUT2D eigenvalue weighted by molar-refractivity contribution is -0.122. The van der Waals surface area contributed by atoms with E-state index in [0.717, 1.165) is 19.3 Å². The first-order valence-corrected chi connectivity index (χ1v) is 4.80. The molecule has 3 nitrogen and oxygen atoms in total. The third-order valence-electron chi connectivity index (χ3n) is 1.85. The monoisotopic (exact) mass is 202 g/mol. The zero-order valence-electron chi connectivity index (χ0n) is 9.36. The van der Waals surface area contributed by atoms with Crippen molar-refractivity contribution in [3.8, 4) is 0 Å². The maximum Gasteiger partial charge on any atom is 0.290 e. The minimum Gasteiger partial charge on any atom is -0.483 e. The van der Waals surface area contributed by atoms with Crippen LogP contribution in [0.15, 0.2) is 12.7 Å². The molecule has 0 aliphatic carbocycles. The highest BCUT2D eigenvalue weighted by Gasteiger charge is 2.11. The van der Waals surface area contributed by atoms with Crippen LogP contribution in [0, 0.1) is 5.92 Å². The number of hydrogen-bond acceptors (Lipinski definition) is 2. The van der Waals surface area contributed by atoms with Gasteiger partial charge in [0.25, 0.3) is 6.47 Å². The summed E-state index contributed by atoms with van der Waals surface area (Å²) < 4.78 is 0. The van der Waals surface area contributed by atoms with Crippen LogP contribution >= 0.6 is 0 Å². The standard InChI is InChI=1S/C10H20O.CH2O2/c1-5-9(2)7-6-8-10(3,4)11;2-1-3/h5,9,11H,1,6-8H2,2-4H3;1H,(H,2,3). The van der Waals surface area contributed by atoms with Gasteiger partial charge in [-0.15, -0.1) is 6.58 Å². The largest absolute Gasteiger partial charge is 0.483 e. The fraction of sp³-hybridized carbons (Fsp3) is 0.727. The van der Waals surface area contributed by atoms with Gasteiger partial charge >= 0.3 is 0 Å². The summed E-state index contributed by atoms with van der Waals surface area (Å²) in [4.78, 5) is 8.36. The van der Waals surface area contributed by atoms with Crippen LogP contribution in [0.25, 0.3) is 0 Å². The molecule has 0 aromatic heterocycles. The Morgan fingerprint density at radius 3 is 2.21 bits per heavy atom. The molecule has 0 aromatic rings. The van der Waals surface area contributed by atoms with Gasteiger partial charge in [0.1, 0.15) is 0 Å². The Balaban J connectivity index is 0. The molecule has 14 heavy (non-hydrogen) atoms. The van der Waals surface area contributed by atoms with Gasteiger partial charge in [-0.3, -0.25) is 4.79 Å². The minimum absolute atomic E-state index is 0.250. The Bertz CT molecular complexity index is 147. The minimum atomic E-state index is -0.499. The molecule has 0 radical (unpaired) electrons. The van der Waals surface area contributed by atoms with Crippen LogP contribution in [-0.4, -0.2) is 22.3 Å². The van der Waals surface area contributed by atoms with Crippen molar-refractivity contribution in [1.82, 2.24) is 0 Å². The Morgan fingerprint density at radius 1 is 1.50 bits per heavy atom. The second-order valence-corrected chi connectivity index (χ2v) is 4.02. The molecular formula is C11H22O3. The van der Waals surface area contributed by atoms with Crippen LogP contribution in [0.3, 0.4) is 0 Å². The fourth-order valence-electron chi connectivity index (χ4n) is 0.974. The number of allylic oxidation sites excluding steroid dienone is 1. The molecule has 0 aromatic carbocycles. The first-order valence-electron chi connectivity index (χ1n) is 4.80. The molecule has 3 heteroatoms. The number of carboxylic acid groups (broad SMARTS) is 1. The average Bonchev–Trinajstić information content (AvgIpc) is 2.03. The first-order chi connectivity index (χ1) is 6.37. The third kappa shape index (κ3) is 17.3. The van der Waals surface area contributed by atoms with Crippen LogP contribution in [0.5, 0.6) is 0 Å². The molecule has 0 amide bonds. The molecule has 0 aliphatic heterocycles. The lowest BCUT2D eigenvalue weighted by Crippen LogP contribution is -2.18. The Labute approximate surface area is 86.5 Å². The molecule has 2 N–H and O–H groups in total. The van der Waals surface area contributed by atoms with E-state index < -0.39 is 5.60 Å². The summed E-state index contributed by atoms with van der Waals surface area (Å²) in [7, 11) is 0. The van der Waals surface area contributed by atoms with Gasteiger partial charge in [0.15, 0.2) is 0 Å². The molecule has 84 valence electrons. The van der Waals surface area contributed by atoms with Gasteiger partial charge in [-0.25, -0.2) is 0 Å². The van der Waals surface area contributed by atoms with Crippen LogP contribution in [-0.2, 0) is 4.79 Å². The number of aliphatic hydroxyl groups is 1. The average molecular weight is 202 g/mol. The predicted molar refractivity (Wildman–Crippen MR) is 58.2 cm³/mol. The van der Waals surface area contributed by atoms with Crippen molar-refractivity contribution in [3.63, 3.8) is 0 Å². The second kappa shape index (κ2) is 8.75. The van der Waals surface area contributed by atoms with Crippen molar-refractivity contribution in [2.24, 2.45) is 5.92 Å². The van der Waals surface area contributed by atoms with Gasteiger partial charge in [0, 0.05) is 0 Å². The van der Waals surface area contributed by atoms with Gasteiger partial charge in [-0.1, -0.05) is 19.4 Å². The highest BCUT2D eigenvalue weighted by atomic mass is 16.3. The number of rotatable bonds is 5. The Kier molecular flexibility index (Phi) is 9.78. The Morgan fingerprint density at radius 2 is 1.93 bits per heavy atom. The van der Waals surface area contributed by atoms with E-state index >= 15 is 0 Å². The van der Waals surface area contributed by atoms with Crippen molar-refractivity contribution in [3.05, 3.63) is 12.7 Å². The molecule has 0 aliphatic rings. The maximum absolute atomic E-state index is 9.38. The van der Waals surface area contributed by atoms with Crippen LogP contribution in [0.1, 0.15) is 40.0 Å². The first kappa shape index (κ1) is 15.6. The summed E-state index contributed by atoms with van der Waals surface area (Å²) in [5.41, 5.74) is -0.499. The van der Waals surface area contributed by atoms with Gasteiger partial charge in [0.05, 0.1) is 5.60 Å². The summed E-state index contributed by atoms with van der Waals surface area (Å²) in [5.74, 6) is 0.581. The second-order valence-electron chi connectivity index (χ2n) is 4.02. The van der Waals surface area contributed by atoms with Gasteiger partial charge in [-0.2, -0.15) is 0 Å². The summed E-state index contributed by atoms with van der Waals surface area (Å²) in [6.07, 6.45) is 5.06. The van der Waals surface area contributed by atoms with Gasteiger partial charge < -0.3 is 10.2 Å². The summed E-state index contributed by atoms with van der Waals surface area (Å²) >= 11 is 0. The molecule has 0 saturated heterocycles. The topological polar surface area (TPSA) is 57.5 Å². The van der Waals surface area contributed by atoms with Gasteiger partial charge in [0.2, 0.25) is 0 Å². The predicted octanol–water partition coefficient (Wildman–Crippen LogP) is 2.45. The number of hydrogen-bond donors (Lipinski definition) is 2. The van der Waals surface area contributed by atoms with E-state index in [1.807, 2.05) is 19.9 Å². The Hall–Kier alpha value is -0.830. The summed E-state index contributed by atoms with van der Waals surface area (Å²) in [5, 5.41) is 16.3. The smallest absolute Gasteiger partial charge is 0.290 e. The molecule has 0 spiro atoms. The molecule has 0 rings (SSSR count). The third-order valence-corrected chi connectivity index (χ3v) is 1.85. The van der Waals surface area contributed by atoms with Crippen molar-refractivity contribution in [2.75, 3.05) is 0 Å². The van der Waals surface area contributed by atoms with Crippen molar-refractivity contribution in [2.45, 2.75) is 45.6 Å². The normalized spacial score (nSPS) is 12.3. The zero-order chi connectivity index (χ0) is 11.6. The van der Waals surface area contributed by atoms with E-state index in [4.69, 9.17) is 9.90 Å². The highest BCUT2D eigenvalue weighted by Crippen LogP contribution is 2.15. The molecular weight excluding hydrogens is 180 g/mol. The lowest BCUT2D eigenvalue weighted by atomic mass is 9.97. The zero-order valence-corrected chi connectivity index (χ0v) is 9.36. The van der Waals surface area contributed by atoms with E-state index in [-0.39, 0.29) is 6.47 Å². The molecule has 0 heterocycles. The van der Waals surface area contributed by atoms with Gasteiger partial charge in [-0.05, 0) is 32.6 Å². The molecule has 1 atom stereocenters. The molecule has 1 unspecified atom stereocenters. The number of carbonyl (C=O) groups is 1. The van der Waals surface area contributed by atoms with Crippen molar-refractivity contribution in [1.29, 1.82) is 0 Å². The van der Waals surface area contributed by atoms with E-state index in [9.17, 15) is 5.11 Å². The molecule has 0 fully saturated rings. The van der Waals surface area contributed by atoms with Crippen molar-refractivity contribution >= 4 is 6.47 Å².